The van der Waals surface area contributed by atoms with Crippen LogP contribution in [0.2, 0.25) is 0 Å². The molecule has 2 rings (SSSR count). The molecule has 1 aromatic rings. The Hall–Kier alpha value is -2.04. The normalized spacial score (nSPS) is 16.5. The minimum absolute atomic E-state index is 0.0328. The Morgan fingerprint density at radius 2 is 2.00 bits per heavy atom. The monoisotopic (exact) mass is 233 g/mol. The number of hydrogen-bond donors (Lipinski definition) is 1. The molecule has 1 aliphatic heterocycles. The summed E-state index contributed by atoms with van der Waals surface area (Å²) in [6, 6.07) is 7.34. The first-order valence-electron chi connectivity index (χ1n) is 5.42. The van der Waals surface area contributed by atoms with Crippen LogP contribution in [0.1, 0.15) is 5.56 Å². The lowest BCUT2D eigenvalue weighted by atomic mass is 10.1. The summed E-state index contributed by atoms with van der Waals surface area (Å²) in [6.45, 7) is 0.731. The highest BCUT2D eigenvalue weighted by Crippen LogP contribution is 2.12. The van der Waals surface area contributed by atoms with E-state index in [0.29, 0.717) is 12.2 Å². The number of nitrogens with two attached hydrogens (primary N) is 1. The fourth-order valence-electron chi connectivity index (χ4n) is 1.82. The highest BCUT2D eigenvalue weighted by Gasteiger charge is 2.27. The van der Waals surface area contributed by atoms with Crippen LogP contribution in [0, 0.1) is 0 Å². The van der Waals surface area contributed by atoms with E-state index >= 15 is 0 Å². The van der Waals surface area contributed by atoms with E-state index in [-0.39, 0.29) is 24.9 Å². The van der Waals surface area contributed by atoms with Gasteiger partial charge in [-0.25, -0.2) is 0 Å². The van der Waals surface area contributed by atoms with Crippen LogP contribution in [-0.2, 0) is 16.1 Å². The van der Waals surface area contributed by atoms with Gasteiger partial charge in [0.25, 0.3) is 0 Å². The number of carbonyl (C=O) groups excluding carboxylic acids is 2. The van der Waals surface area contributed by atoms with E-state index in [0.717, 1.165) is 5.56 Å². The largest absolute Gasteiger partial charge is 0.399 e. The quantitative estimate of drug-likeness (QED) is 0.735. The van der Waals surface area contributed by atoms with E-state index in [9.17, 15) is 9.59 Å². The summed E-state index contributed by atoms with van der Waals surface area (Å²) in [7, 11) is 1.64. The van der Waals surface area contributed by atoms with Crippen molar-refractivity contribution in [1.29, 1.82) is 0 Å². The molecule has 0 atom stereocenters. The molecule has 2 amide bonds. The first-order valence-corrected chi connectivity index (χ1v) is 5.42. The Bertz CT molecular complexity index is 459. The van der Waals surface area contributed by atoms with Crippen molar-refractivity contribution in [1.82, 2.24) is 9.80 Å². The number of piperazine rings is 1. The summed E-state index contributed by atoms with van der Waals surface area (Å²) in [4.78, 5) is 26.3. The molecule has 0 unspecified atom stereocenters. The third kappa shape index (κ3) is 2.55. The number of nitrogen functional groups attached to an aromatic ring is 1. The molecule has 1 saturated heterocycles. The van der Waals surface area contributed by atoms with Gasteiger partial charge in [-0.2, -0.15) is 0 Å². The van der Waals surface area contributed by atoms with Gasteiger partial charge in [0, 0.05) is 19.3 Å². The Morgan fingerprint density at radius 3 is 2.71 bits per heavy atom. The zero-order valence-electron chi connectivity index (χ0n) is 9.72. The van der Waals surface area contributed by atoms with Gasteiger partial charge in [0.2, 0.25) is 11.8 Å². The lowest BCUT2D eigenvalue weighted by molar-refractivity contribution is -0.149. The van der Waals surface area contributed by atoms with E-state index in [2.05, 4.69) is 0 Å². The van der Waals surface area contributed by atoms with E-state index < -0.39 is 0 Å². The summed E-state index contributed by atoms with van der Waals surface area (Å²) in [5.41, 5.74) is 7.27. The smallest absolute Gasteiger partial charge is 0.242 e. The maximum Gasteiger partial charge on any atom is 0.242 e. The first kappa shape index (κ1) is 11.4. The van der Waals surface area contributed by atoms with Crippen molar-refractivity contribution in [2.24, 2.45) is 0 Å². The average molecular weight is 233 g/mol. The summed E-state index contributed by atoms with van der Waals surface area (Å²) in [5.74, 6) is -0.0666. The fourth-order valence-corrected chi connectivity index (χ4v) is 1.82. The van der Waals surface area contributed by atoms with Crippen molar-refractivity contribution in [3.8, 4) is 0 Å². The fraction of sp³-hybridized carbons (Fsp3) is 0.333. The van der Waals surface area contributed by atoms with Crippen molar-refractivity contribution < 1.29 is 9.59 Å². The minimum atomic E-state index is -0.0338. The van der Waals surface area contributed by atoms with E-state index in [1.807, 2.05) is 18.2 Å². The van der Waals surface area contributed by atoms with Gasteiger partial charge in [0.05, 0.1) is 6.54 Å². The van der Waals surface area contributed by atoms with Crippen molar-refractivity contribution in [2.45, 2.75) is 6.54 Å². The lowest BCUT2D eigenvalue weighted by Gasteiger charge is -2.31. The summed E-state index contributed by atoms with van der Waals surface area (Å²) in [6.07, 6.45) is 0. The predicted octanol–water partition coefficient (Wildman–Crippen LogP) is 0.0694. The second kappa shape index (κ2) is 4.45. The molecule has 2 N–H and O–H groups in total. The Kier molecular flexibility index (Phi) is 2.99. The van der Waals surface area contributed by atoms with Crippen LogP contribution < -0.4 is 5.73 Å². The molecule has 1 fully saturated rings. The van der Waals surface area contributed by atoms with Gasteiger partial charge in [-0.3, -0.25) is 9.59 Å². The molecular formula is C12H15N3O2. The SMILES string of the molecule is CN1CC(=O)N(Cc2cccc(N)c2)CC1=O. The predicted molar refractivity (Wildman–Crippen MR) is 63.9 cm³/mol. The van der Waals surface area contributed by atoms with E-state index in [1.54, 1.807) is 18.0 Å². The van der Waals surface area contributed by atoms with Gasteiger partial charge in [0.15, 0.2) is 0 Å². The molecule has 0 spiro atoms. The number of likely N-dealkylation sites (N-methyl/N-ethyl adjacent to an activating group) is 1. The summed E-state index contributed by atoms with van der Waals surface area (Å²) in [5, 5.41) is 0. The number of hydrogen-bond acceptors (Lipinski definition) is 3. The maximum atomic E-state index is 11.7. The zero-order chi connectivity index (χ0) is 12.4. The Morgan fingerprint density at radius 1 is 1.24 bits per heavy atom. The van der Waals surface area contributed by atoms with Gasteiger partial charge >= 0.3 is 0 Å². The molecular weight excluding hydrogens is 218 g/mol. The molecule has 1 aromatic carbocycles. The topological polar surface area (TPSA) is 66.6 Å². The van der Waals surface area contributed by atoms with Crippen LogP contribution in [0.3, 0.4) is 0 Å². The van der Waals surface area contributed by atoms with Crippen LogP contribution >= 0.6 is 0 Å². The van der Waals surface area contributed by atoms with Gasteiger partial charge in [-0.05, 0) is 17.7 Å². The highest BCUT2D eigenvalue weighted by atomic mass is 16.2. The molecule has 90 valence electrons. The van der Waals surface area contributed by atoms with Gasteiger partial charge in [-0.15, -0.1) is 0 Å². The van der Waals surface area contributed by atoms with E-state index in [1.165, 1.54) is 4.90 Å². The van der Waals surface area contributed by atoms with Crippen LogP contribution in [-0.4, -0.2) is 41.8 Å². The van der Waals surface area contributed by atoms with Gasteiger partial charge in [0.1, 0.15) is 6.54 Å². The molecule has 0 aromatic heterocycles. The molecule has 5 heteroatoms. The second-order valence-electron chi connectivity index (χ2n) is 4.24. The van der Waals surface area contributed by atoms with Gasteiger partial charge < -0.3 is 15.5 Å². The molecule has 1 aliphatic rings. The van der Waals surface area contributed by atoms with Crippen LogP contribution in [0.15, 0.2) is 24.3 Å². The second-order valence-corrected chi connectivity index (χ2v) is 4.24. The number of nitrogens with zero attached hydrogens (tertiary/aromatic N) is 2. The van der Waals surface area contributed by atoms with Crippen molar-refractivity contribution in [2.75, 3.05) is 25.9 Å². The molecule has 17 heavy (non-hydrogen) atoms. The molecule has 0 aliphatic carbocycles. The third-order valence-corrected chi connectivity index (χ3v) is 2.80. The first-order chi connectivity index (χ1) is 8.06. The van der Waals surface area contributed by atoms with E-state index in [4.69, 9.17) is 5.73 Å². The Balaban J connectivity index is 2.08. The van der Waals surface area contributed by atoms with Crippen LogP contribution in [0.25, 0.3) is 0 Å². The molecule has 5 nitrogen and oxygen atoms in total. The highest BCUT2D eigenvalue weighted by molar-refractivity contribution is 5.92. The zero-order valence-corrected chi connectivity index (χ0v) is 9.72. The van der Waals surface area contributed by atoms with Gasteiger partial charge in [-0.1, -0.05) is 12.1 Å². The van der Waals surface area contributed by atoms with Crippen molar-refractivity contribution >= 4 is 17.5 Å². The molecule has 0 saturated carbocycles. The van der Waals surface area contributed by atoms with Crippen LogP contribution in [0.5, 0.6) is 0 Å². The van der Waals surface area contributed by atoms with Crippen molar-refractivity contribution in [3.63, 3.8) is 0 Å². The minimum Gasteiger partial charge on any atom is -0.399 e. The number of amides is 2. The maximum absolute atomic E-state index is 11.7. The molecule has 0 radical (unpaired) electrons. The number of rotatable bonds is 2. The molecule has 1 heterocycles. The number of benzene rings is 1. The average Bonchev–Trinajstić information content (AvgIpc) is 2.26. The summed E-state index contributed by atoms with van der Waals surface area (Å²) >= 11 is 0. The van der Waals surface area contributed by atoms with Crippen molar-refractivity contribution in [3.05, 3.63) is 29.8 Å². The standard InChI is InChI=1S/C12H15N3O2/c1-14-7-12(17)15(8-11(14)16)6-9-3-2-4-10(13)5-9/h2-5H,6-8,13H2,1H3. The summed E-state index contributed by atoms with van der Waals surface area (Å²) < 4.78 is 0. The molecule has 0 bridgehead atoms. The third-order valence-electron chi connectivity index (χ3n) is 2.80. The lowest BCUT2D eigenvalue weighted by Crippen LogP contribution is -2.51. The Labute approximate surface area is 99.8 Å². The number of anilines is 1. The number of carbonyl (C=O) groups is 2. The van der Waals surface area contributed by atoms with Crippen LogP contribution in [0.4, 0.5) is 5.69 Å².